The standard InChI is InChI=1S/C22H29N3O3S/c1-24-16-18(29(27,28)25-13-6-2-3-7-14-25)15-21(24)22(26)23-20-12-8-10-17-9-4-5-11-19(17)20/h4-5,9,11,15-16,20H,2-3,6-8,10,12-14H2,1H3,(H,23,26)/t20-/m0/s1. The Labute approximate surface area is 173 Å². The van der Waals surface area contributed by atoms with Crippen molar-refractivity contribution >= 4 is 15.9 Å². The van der Waals surface area contributed by atoms with Crippen LogP contribution in [0, 0.1) is 0 Å². The fourth-order valence-electron chi connectivity index (χ4n) is 4.47. The molecule has 0 saturated carbocycles. The maximum Gasteiger partial charge on any atom is 0.268 e. The van der Waals surface area contributed by atoms with E-state index in [9.17, 15) is 13.2 Å². The van der Waals surface area contributed by atoms with Gasteiger partial charge >= 0.3 is 0 Å². The first-order chi connectivity index (χ1) is 14.0. The number of hydrogen-bond acceptors (Lipinski definition) is 3. The highest BCUT2D eigenvalue weighted by atomic mass is 32.2. The summed E-state index contributed by atoms with van der Waals surface area (Å²) in [7, 11) is -1.84. The number of hydrogen-bond donors (Lipinski definition) is 1. The molecule has 1 aliphatic heterocycles. The molecule has 4 rings (SSSR count). The smallest absolute Gasteiger partial charge is 0.268 e. The van der Waals surface area contributed by atoms with E-state index in [4.69, 9.17) is 0 Å². The maximum atomic E-state index is 13.1. The molecule has 1 N–H and O–H groups in total. The summed E-state index contributed by atoms with van der Waals surface area (Å²) in [6.45, 7) is 1.11. The van der Waals surface area contributed by atoms with Crippen molar-refractivity contribution in [3.05, 3.63) is 53.3 Å². The van der Waals surface area contributed by atoms with Crippen molar-refractivity contribution in [2.75, 3.05) is 13.1 Å². The van der Waals surface area contributed by atoms with Gasteiger partial charge in [-0.2, -0.15) is 4.31 Å². The number of sulfonamides is 1. The fourth-order valence-corrected chi connectivity index (χ4v) is 6.06. The molecule has 156 valence electrons. The van der Waals surface area contributed by atoms with Crippen molar-refractivity contribution in [3.8, 4) is 0 Å². The van der Waals surface area contributed by atoms with Crippen LogP contribution in [0.4, 0.5) is 0 Å². The normalized spacial score (nSPS) is 20.7. The largest absolute Gasteiger partial charge is 0.345 e. The second kappa shape index (κ2) is 8.32. The van der Waals surface area contributed by atoms with Crippen LogP contribution in [0.25, 0.3) is 0 Å². The number of benzene rings is 1. The Morgan fingerprint density at radius 2 is 1.79 bits per heavy atom. The minimum Gasteiger partial charge on any atom is -0.345 e. The number of nitrogens with zero attached hydrogens (tertiary/aromatic N) is 2. The summed E-state index contributed by atoms with van der Waals surface area (Å²) >= 11 is 0. The van der Waals surface area contributed by atoms with Gasteiger partial charge in [-0.1, -0.05) is 37.1 Å². The molecule has 1 aromatic heterocycles. The van der Waals surface area contributed by atoms with E-state index >= 15 is 0 Å². The minimum atomic E-state index is -3.57. The predicted octanol–water partition coefficient (Wildman–Crippen LogP) is 3.40. The molecule has 6 nitrogen and oxygen atoms in total. The minimum absolute atomic E-state index is 0.0342. The Kier molecular flexibility index (Phi) is 5.79. The molecule has 1 atom stereocenters. The zero-order chi connectivity index (χ0) is 20.4. The van der Waals surface area contributed by atoms with E-state index in [1.165, 1.54) is 17.2 Å². The molecule has 1 aliphatic carbocycles. The summed E-state index contributed by atoms with van der Waals surface area (Å²) in [6, 6.07) is 9.69. The monoisotopic (exact) mass is 415 g/mol. The van der Waals surface area contributed by atoms with Crippen LogP contribution in [-0.2, 0) is 23.5 Å². The average molecular weight is 416 g/mol. The number of nitrogens with one attached hydrogen (secondary N) is 1. The van der Waals surface area contributed by atoms with Crippen molar-refractivity contribution in [2.45, 2.75) is 55.9 Å². The first kappa shape index (κ1) is 20.2. The Bertz CT molecular complexity index is 988. The van der Waals surface area contributed by atoms with Gasteiger partial charge in [-0.25, -0.2) is 8.42 Å². The third kappa shape index (κ3) is 4.12. The second-order valence-electron chi connectivity index (χ2n) is 8.11. The Balaban J connectivity index is 1.54. The molecule has 0 unspecified atom stereocenters. The molecular weight excluding hydrogens is 386 g/mol. The Hall–Kier alpha value is -2.12. The van der Waals surface area contributed by atoms with Gasteiger partial charge in [0.2, 0.25) is 10.0 Å². The summed E-state index contributed by atoms with van der Waals surface area (Å²) in [5.74, 6) is -0.230. The number of aromatic nitrogens is 1. The van der Waals surface area contributed by atoms with E-state index in [1.807, 2.05) is 12.1 Å². The van der Waals surface area contributed by atoms with Gasteiger partial charge in [0, 0.05) is 26.3 Å². The van der Waals surface area contributed by atoms with Crippen LogP contribution in [-0.4, -0.2) is 36.3 Å². The van der Waals surface area contributed by atoms with Gasteiger partial charge in [0.25, 0.3) is 5.91 Å². The van der Waals surface area contributed by atoms with Gasteiger partial charge < -0.3 is 9.88 Å². The van der Waals surface area contributed by atoms with Gasteiger partial charge in [-0.15, -0.1) is 0 Å². The molecule has 0 spiro atoms. The van der Waals surface area contributed by atoms with E-state index in [0.717, 1.165) is 44.9 Å². The molecule has 0 radical (unpaired) electrons. The third-order valence-electron chi connectivity index (χ3n) is 6.09. The lowest BCUT2D eigenvalue weighted by atomic mass is 9.87. The van der Waals surface area contributed by atoms with Crippen molar-refractivity contribution in [1.29, 1.82) is 0 Å². The molecule has 1 saturated heterocycles. The summed E-state index contributed by atoms with van der Waals surface area (Å²) in [4.78, 5) is 13.2. The summed E-state index contributed by atoms with van der Waals surface area (Å²) in [5, 5.41) is 3.12. The predicted molar refractivity (Wildman–Crippen MR) is 112 cm³/mol. The van der Waals surface area contributed by atoms with Gasteiger partial charge in [-0.3, -0.25) is 4.79 Å². The molecule has 1 fully saturated rings. The maximum absolute atomic E-state index is 13.1. The van der Waals surface area contributed by atoms with Crippen LogP contribution in [0.3, 0.4) is 0 Å². The number of fused-ring (bicyclic) bond motifs is 1. The number of amides is 1. The van der Waals surface area contributed by atoms with Gasteiger partial charge in [0.15, 0.2) is 0 Å². The molecule has 1 amide bonds. The van der Waals surface area contributed by atoms with Gasteiger partial charge in [0.1, 0.15) is 10.6 Å². The van der Waals surface area contributed by atoms with Crippen LogP contribution in [0.2, 0.25) is 0 Å². The number of carbonyl (C=O) groups excluding carboxylic acids is 1. The number of rotatable bonds is 4. The van der Waals surface area contributed by atoms with E-state index in [-0.39, 0.29) is 16.8 Å². The highest BCUT2D eigenvalue weighted by Crippen LogP contribution is 2.30. The number of aryl methyl sites for hydroxylation is 2. The van der Waals surface area contributed by atoms with Gasteiger partial charge in [-0.05, 0) is 49.3 Å². The highest BCUT2D eigenvalue weighted by molar-refractivity contribution is 7.89. The SMILES string of the molecule is Cn1cc(S(=O)(=O)N2CCCCCC2)cc1C(=O)N[C@H]1CCCc2ccccc21. The molecule has 0 bridgehead atoms. The van der Waals surface area contributed by atoms with E-state index in [1.54, 1.807) is 22.1 Å². The molecular formula is C22H29N3O3S. The zero-order valence-electron chi connectivity index (χ0n) is 16.9. The Morgan fingerprint density at radius 1 is 1.07 bits per heavy atom. The zero-order valence-corrected chi connectivity index (χ0v) is 17.7. The topological polar surface area (TPSA) is 71.4 Å². The second-order valence-corrected chi connectivity index (χ2v) is 10.0. The summed E-state index contributed by atoms with van der Waals surface area (Å²) in [6.07, 6.45) is 8.43. The van der Waals surface area contributed by atoms with Crippen molar-refractivity contribution in [2.24, 2.45) is 7.05 Å². The lowest BCUT2D eigenvalue weighted by Gasteiger charge is -2.26. The number of carbonyl (C=O) groups is 1. The van der Waals surface area contributed by atoms with Crippen LogP contribution < -0.4 is 5.32 Å². The first-order valence-electron chi connectivity index (χ1n) is 10.5. The molecule has 2 heterocycles. The summed E-state index contributed by atoms with van der Waals surface area (Å²) in [5.41, 5.74) is 2.82. The third-order valence-corrected chi connectivity index (χ3v) is 7.95. The van der Waals surface area contributed by atoms with Crippen LogP contribution in [0.5, 0.6) is 0 Å². The lowest BCUT2D eigenvalue weighted by Crippen LogP contribution is -2.32. The first-order valence-corrected chi connectivity index (χ1v) is 12.0. The van der Waals surface area contributed by atoms with E-state index < -0.39 is 10.0 Å². The molecule has 29 heavy (non-hydrogen) atoms. The van der Waals surface area contributed by atoms with Crippen molar-refractivity contribution < 1.29 is 13.2 Å². The van der Waals surface area contributed by atoms with Crippen molar-refractivity contribution in [3.63, 3.8) is 0 Å². The quantitative estimate of drug-likeness (QED) is 0.832. The highest BCUT2D eigenvalue weighted by Gasteiger charge is 2.29. The molecule has 2 aliphatic rings. The lowest BCUT2D eigenvalue weighted by molar-refractivity contribution is 0.0924. The van der Waals surface area contributed by atoms with Crippen LogP contribution in [0.15, 0.2) is 41.4 Å². The molecule has 7 heteroatoms. The van der Waals surface area contributed by atoms with E-state index in [0.29, 0.717) is 18.8 Å². The van der Waals surface area contributed by atoms with Crippen LogP contribution in [0.1, 0.15) is 66.2 Å². The summed E-state index contributed by atoms with van der Waals surface area (Å²) < 4.78 is 29.3. The Morgan fingerprint density at radius 3 is 2.55 bits per heavy atom. The average Bonchev–Trinajstić information content (AvgIpc) is 2.92. The fraction of sp³-hybridized carbons (Fsp3) is 0.500. The molecule has 1 aromatic carbocycles. The molecule has 2 aromatic rings. The van der Waals surface area contributed by atoms with Crippen LogP contribution >= 0.6 is 0 Å². The van der Waals surface area contributed by atoms with E-state index in [2.05, 4.69) is 17.4 Å². The van der Waals surface area contributed by atoms with Gasteiger partial charge in [0.05, 0.1) is 6.04 Å². The van der Waals surface area contributed by atoms with Crippen molar-refractivity contribution in [1.82, 2.24) is 14.2 Å².